The summed E-state index contributed by atoms with van der Waals surface area (Å²) in [4.78, 5) is 3.95. The van der Waals surface area contributed by atoms with Crippen LogP contribution in [0.4, 0.5) is 0 Å². The summed E-state index contributed by atoms with van der Waals surface area (Å²) in [5.41, 5.74) is 1.58. The first kappa shape index (κ1) is 14.7. The molecule has 0 aromatic carbocycles. The SMILES string of the molecule is CC1(C)COC(Cn2cc(C#Cc3ccncc3)nn2)OC1. The van der Waals surface area contributed by atoms with Crippen LogP contribution >= 0.6 is 0 Å². The van der Waals surface area contributed by atoms with Gasteiger partial charge in [0.1, 0.15) is 0 Å². The molecule has 0 atom stereocenters. The molecule has 2 aromatic heterocycles. The first-order chi connectivity index (χ1) is 10.6. The van der Waals surface area contributed by atoms with Crippen LogP contribution in [-0.2, 0) is 16.0 Å². The van der Waals surface area contributed by atoms with Gasteiger partial charge in [0.2, 0.25) is 0 Å². The van der Waals surface area contributed by atoms with Crippen LogP contribution in [0.25, 0.3) is 0 Å². The molecule has 3 rings (SSSR count). The number of hydrogen-bond acceptors (Lipinski definition) is 5. The van der Waals surface area contributed by atoms with Gasteiger partial charge < -0.3 is 9.47 Å². The third-order valence-electron chi connectivity index (χ3n) is 3.21. The van der Waals surface area contributed by atoms with Crippen molar-refractivity contribution in [2.75, 3.05) is 13.2 Å². The van der Waals surface area contributed by atoms with E-state index in [4.69, 9.17) is 9.47 Å². The molecule has 1 fully saturated rings. The molecular weight excluding hydrogens is 280 g/mol. The van der Waals surface area contributed by atoms with E-state index in [0.29, 0.717) is 25.5 Å². The fourth-order valence-corrected chi connectivity index (χ4v) is 2.00. The summed E-state index contributed by atoms with van der Waals surface area (Å²) in [5, 5.41) is 8.09. The van der Waals surface area contributed by atoms with Gasteiger partial charge in [0, 0.05) is 23.4 Å². The summed E-state index contributed by atoms with van der Waals surface area (Å²) in [5.74, 6) is 6.00. The van der Waals surface area contributed by atoms with Crippen molar-refractivity contribution in [3.05, 3.63) is 42.0 Å². The lowest BCUT2D eigenvalue weighted by Crippen LogP contribution is -2.39. The highest BCUT2D eigenvalue weighted by atomic mass is 16.7. The van der Waals surface area contributed by atoms with Crippen LogP contribution in [-0.4, -0.2) is 39.5 Å². The molecule has 0 bridgehead atoms. The van der Waals surface area contributed by atoms with Gasteiger partial charge in [-0.05, 0) is 18.1 Å². The van der Waals surface area contributed by atoms with Crippen molar-refractivity contribution >= 4 is 0 Å². The van der Waals surface area contributed by atoms with Gasteiger partial charge in [-0.2, -0.15) is 0 Å². The molecule has 1 aliphatic heterocycles. The largest absolute Gasteiger partial charge is 0.350 e. The Kier molecular flexibility index (Phi) is 4.18. The Morgan fingerprint density at radius 2 is 1.95 bits per heavy atom. The number of aromatic nitrogens is 4. The molecule has 3 heterocycles. The summed E-state index contributed by atoms with van der Waals surface area (Å²) in [6, 6.07) is 3.70. The Morgan fingerprint density at radius 3 is 2.68 bits per heavy atom. The van der Waals surface area contributed by atoms with Gasteiger partial charge in [0.15, 0.2) is 12.0 Å². The van der Waals surface area contributed by atoms with E-state index in [2.05, 4.69) is 41.0 Å². The second-order valence-corrected chi connectivity index (χ2v) is 6.03. The van der Waals surface area contributed by atoms with Gasteiger partial charge >= 0.3 is 0 Å². The Bertz CT molecular complexity index is 675. The van der Waals surface area contributed by atoms with Crippen LogP contribution in [0.3, 0.4) is 0 Å². The normalized spacial score (nSPS) is 17.7. The molecule has 0 unspecified atom stereocenters. The minimum atomic E-state index is -0.282. The van der Waals surface area contributed by atoms with Crippen molar-refractivity contribution in [1.82, 2.24) is 20.0 Å². The van der Waals surface area contributed by atoms with Crippen molar-refractivity contribution in [1.29, 1.82) is 0 Å². The average molecular weight is 298 g/mol. The highest BCUT2D eigenvalue weighted by Crippen LogP contribution is 2.23. The van der Waals surface area contributed by atoms with Crippen LogP contribution in [0.2, 0.25) is 0 Å². The molecule has 0 N–H and O–H groups in total. The lowest BCUT2D eigenvalue weighted by atomic mass is 9.96. The zero-order valence-corrected chi connectivity index (χ0v) is 12.7. The zero-order valence-electron chi connectivity index (χ0n) is 12.7. The number of ether oxygens (including phenoxy) is 2. The van der Waals surface area contributed by atoms with Gasteiger partial charge in [-0.3, -0.25) is 4.98 Å². The lowest BCUT2D eigenvalue weighted by Gasteiger charge is -2.34. The van der Waals surface area contributed by atoms with Crippen molar-refractivity contribution in [2.24, 2.45) is 5.41 Å². The molecule has 0 aliphatic carbocycles. The molecular formula is C16H18N4O2. The minimum absolute atomic E-state index is 0.0695. The van der Waals surface area contributed by atoms with Crippen LogP contribution in [0.5, 0.6) is 0 Å². The van der Waals surface area contributed by atoms with Crippen molar-refractivity contribution in [3.63, 3.8) is 0 Å². The summed E-state index contributed by atoms with van der Waals surface area (Å²) in [7, 11) is 0. The Labute approximate surface area is 129 Å². The molecule has 2 aromatic rings. The third-order valence-corrected chi connectivity index (χ3v) is 3.21. The molecule has 0 saturated carbocycles. The lowest BCUT2D eigenvalue weighted by molar-refractivity contribution is -0.227. The van der Waals surface area contributed by atoms with Crippen molar-refractivity contribution < 1.29 is 9.47 Å². The molecule has 0 amide bonds. The maximum Gasteiger partial charge on any atom is 0.177 e. The topological polar surface area (TPSA) is 62.1 Å². The predicted molar refractivity (Wildman–Crippen MR) is 79.7 cm³/mol. The molecule has 0 radical (unpaired) electrons. The minimum Gasteiger partial charge on any atom is -0.350 e. The smallest absolute Gasteiger partial charge is 0.177 e. The van der Waals surface area contributed by atoms with Crippen molar-refractivity contribution in [3.8, 4) is 11.8 Å². The quantitative estimate of drug-likeness (QED) is 0.786. The number of hydrogen-bond donors (Lipinski definition) is 0. The highest BCUT2D eigenvalue weighted by Gasteiger charge is 2.28. The van der Waals surface area contributed by atoms with E-state index in [1.165, 1.54) is 0 Å². The van der Waals surface area contributed by atoms with E-state index in [-0.39, 0.29) is 11.7 Å². The van der Waals surface area contributed by atoms with E-state index in [9.17, 15) is 0 Å². The molecule has 6 heteroatoms. The van der Waals surface area contributed by atoms with E-state index in [0.717, 1.165) is 5.56 Å². The van der Waals surface area contributed by atoms with E-state index in [1.807, 2.05) is 12.1 Å². The molecule has 22 heavy (non-hydrogen) atoms. The number of rotatable bonds is 2. The Morgan fingerprint density at radius 1 is 1.23 bits per heavy atom. The third kappa shape index (κ3) is 3.91. The highest BCUT2D eigenvalue weighted by molar-refractivity contribution is 5.37. The summed E-state index contributed by atoms with van der Waals surface area (Å²) >= 11 is 0. The second kappa shape index (κ2) is 6.26. The summed E-state index contributed by atoms with van der Waals surface area (Å²) < 4.78 is 13.1. The van der Waals surface area contributed by atoms with E-state index in [1.54, 1.807) is 23.3 Å². The standard InChI is InChI=1S/C16H18N4O2/c1-16(2)11-21-15(22-12-16)10-20-9-14(18-19-20)4-3-13-5-7-17-8-6-13/h5-9,15H,10-12H2,1-2H3. The number of nitrogens with zero attached hydrogens (tertiary/aromatic N) is 4. The average Bonchev–Trinajstić information content (AvgIpc) is 2.96. The van der Waals surface area contributed by atoms with Gasteiger partial charge in [-0.25, -0.2) is 4.68 Å². The van der Waals surface area contributed by atoms with Gasteiger partial charge in [-0.1, -0.05) is 25.0 Å². The fraction of sp³-hybridized carbons (Fsp3) is 0.438. The molecule has 1 saturated heterocycles. The maximum absolute atomic E-state index is 5.68. The fourth-order valence-electron chi connectivity index (χ4n) is 2.00. The molecule has 114 valence electrons. The molecule has 1 aliphatic rings. The van der Waals surface area contributed by atoms with Crippen LogP contribution < -0.4 is 0 Å². The summed E-state index contributed by atoms with van der Waals surface area (Å²) in [6.45, 7) is 6.11. The van der Waals surface area contributed by atoms with Gasteiger partial charge in [0.25, 0.3) is 0 Å². The van der Waals surface area contributed by atoms with E-state index >= 15 is 0 Å². The van der Waals surface area contributed by atoms with Gasteiger partial charge in [0.05, 0.1) is 26.0 Å². The van der Waals surface area contributed by atoms with Crippen molar-refractivity contribution in [2.45, 2.75) is 26.7 Å². The van der Waals surface area contributed by atoms with E-state index < -0.39 is 0 Å². The predicted octanol–water partition coefficient (Wildman–Crippen LogP) is 1.47. The Hall–Kier alpha value is -2.23. The summed E-state index contributed by atoms with van der Waals surface area (Å²) in [6.07, 6.45) is 4.93. The van der Waals surface area contributed by atoms with Gasteiger partial charge in [-0.15, -0.1) is 5.10 Å². The molecule has 0 spiro atoms. The first-order valence-corrected chi connectivity index (χ1v) is 7.16. The van der Waals surface area contributed by atoms with Crippen LogP contribution in [0.1, 0.15) is 25.1 Å². The number of pyridine rings is 1. The Balaban J connectivity index is 1.59. The zero-order chi connectivity index (χ0) is 15.4. The van der Waals surface area contributed by atoms with Crippen LogP contribution in [0, 0.1) is 17.3 Å². The monoisotopic (exact) mass is 298 g/mol. The maximum atomic E-state index is 5.68. The van der Waals surface area contributed by atoms with Crippen LogP contribution in [0.15, 0.2) is 30.7 Å². The second-order valence-electron chi connectivity index (χ2n) is 6.03. The molecule has 6 nitrogen and oxygen atoms in total. The first-order valence-electron chi connectivity index (χ1n) is 7.16.